The number of anilines is 1. The number of aromatic amines is 1. The first-order valence-corrected chi connectivity index (χ1v) is 7.64. The minimum Gasteiger partial charge on any atom is -0.469 e. The van der Waals surface area contributed by atoms with Gasteiger partial charge < -0.3 is 24.6 Å². The van der Waals surface area contributed by atoms with E-state index in [0.29, 0.717) is 24.5 Å². The van der Waals surface area contributed by atoms with Gasteiger partial charge in [0.15, 0.2) is 0 Å². The Bertz CT molecular complexity index is 810. The lowest BCUT2D eigenvalue weighted by Crippen LogP contribution is -2.20. The SMILES string of the molecule is COC(=O)c1ccc2nc(NCC(CO)Cc3ccco3)[nH]c2c1. The van der Waals surface area contributed by atoms with Crippen molar-refractivity contribution in [2.75, 3.05) is 25.6 Å². The summed E-state index contributed by atoms with van der Waals surface area (Å²) in [4.78, 5) is 19.1. The van der Waals surface area contributed by atoms with E-state index in [1.54, 1.807) is 24.5 Å². The van der Waals surface area contributed by atoms with E-state index < -0.39 is 0 Å². The third-order valence-corrected chi connectivity index (χ3v) is 3.79. The fourth-order valence-corrected chi connectivity index (χ4v) is 2.49. The molecule has 0 aliphatic heterocycles. The number of rotatable bonds is 7. The molecule has 126 valence electrons. The second kappa shape index (κ2) is 7.18. The van der Waals surface area contributed by atoms with Crippen LogP contribution in [0.5, 0.6) is 0 Å². The molecule has 2 aromatic heterocycles. The Morgan fingerprint density at radius 3 is 3.04 bits per heavy atom. The number of benzene rings is 1. The number of furan rings is 1. The number of aromatic nitrogens is 2. The molecule has 0 radical (unpaired) electrons. The Labute approximate surface area is 138 Å². The maximum Gasteiger partial charge on any atom is 0.337 e. The number of fused-ring (bicyclic) bond motifs is 1. The molecule has 3 rings (SSSR count). The van der Waals surface area contributed by atoms with Crippen molar-refractivity contribution in [3.05, 3.63) is 47.9 Å². The summed E-state index contributed by atoms with van der Waals surface area (Å²) in [6.45, 7) is 0.585. The average Bonchev–Trinajstić information content (AvgIpc) is 3.26. The highest BCUT2D eigenvalue weighted by atomic mass is 16.5. The lowest BCUT2D eigenvalue weighted by molar-refractivity contribution is 0.0601. The molecule has 0 aliphatic carbocycles. The zero-order valence-corrected chi connectivity index (χ0v) is 13.3. The molecule has 7 heteroatoms. The predicted molar refractivity (Wildman–Crippen MR) is 88.9 cm³/mol. The molecule has 3 N–H and O–H groups in total. The van der Waals surface area contributed by atoms with Crippen molar-refractivity contribution in [2.24, 2.45) is 5.92 Å². The zero-order chi connectivity index (χ0) is 16.9. The molecular weight excluding hydrogens is 310 g/mol. The standard InChI is InChI=1S/C17H19N3O4/c1-23-16(22)12-4-5-14-15(8-12)20-17(19-14)18-9-11(10-21)7-13-3-2-6-24-13/h2-6,8,11,21H,7,9-10H2,1H3,(H2,18,19,20). The lowest BCUT2D eigenvalue weighted by atomic mass is 10.1. The Morgan fingerprint density at radius 1 is 1.46 bits per heavy atom. The van der Waals surface area contributed by atoms with Gasteiger partial charge in [0, 0.05) is 25.5 Å². The molecule has 0 fully saturated rings. The van der Waals surface area contributed by atoms with Gasteiger partial charge in [-0.3, -0.25) is 0 Å². The maximum atomic E-state index is 11.6. The van der Waals surface area contributed by atoms with Crippen molar-refractivity contribution in [2.45, 2.75) is 6.42 Å². The summed E-state index contributed by atoms with van der Waals surface area (Å²) in [5.41, 5.74) is 1.95. The highest BCUT2D eigenvalue weighted by molar-refractivity contribution is 5.93. The van der Waals surface area contributed by atoms with Crippen LogP contribution in [0.3, 0.4) is 0 Å². The van der Waals surface area contributed by atoms with Crippen molar-refractivity contribution < 1.29 is 19.1 Å². The molecule has 0 aliphatic rings. The normalized spacial score (nSPS) is 12.2. The van der Waals surface area contributed by atoms with E-state index in [1.165, 1.54) is 7.11 Å². The van der Waals surface area contributed by atoms with E-state index in [1.807, 2.05) is 12.1 Å². The molecule has 1 aromatic carbocycles. The topological polar surface area (TPSA) is 100 Å². The second-order valence-corrected chi connectivity index (χ2v) is 5.52. The summed E-state index contributed by atoms with van der Waals surface area (Å²) in [7, 11) is 1.35. The summed E-state index contributed by atoms with van der Waals surface area (Å²) in [5.74, 6) is 1.04. The summed E-state index contributed by atoms with van der Waals surface area (Å²) in [6.07, 6.45) is 2.26. The van der Waals surface area contributed by atoms with Crippen molar-refractivity contribution in [3.63, 3.8) is 0 Å². The van der Waals surface area contributed by atoms with E-state index in [4.69, 9.17) is 9.15 Å². The number of nitrogens with zero attached hydrogens (tertiary/aromatic N) is 1. The van der Waals surface area contributed by atoms with Crippen LogP contribution in [0.15, 0.2) is 41.0 Å². The third-order valence-electron chi connectivity index (χ3n) is 3.79. The Kier molecular flexibility index (Phi) is 4.81. The maximum absolute atomic E-state index is 11.6. The van der Waals surface area contributed by atoms with Gasteiger partial charge in [-0.1, -0.05) is 0 Å². The van der Waals surface area contributed by atoms with E-state index in [0.717, 1.165) is 16.8 Å². The Balaban J connectivity index is 1.67. The first-order valence-electron chi connectivity index (χ1n) is 7.64. The molecule has 0 spiro atoms. The quantitative estimate of drug-likeness (QED) is 0.575. The van der Waals surface area contributed by atoms with E-state index >= 15 is 0 Å². The number of nitrogens with one attached hydrogen (secondary N) is 2. The lowest BCUT2D eigenvalue weighted by Gasteiger charge is -2.12. The molecule has 24 heavy (non-hydrogen) atoms. The predicted octanol–water partition coefficient (Wildman–Crippen LogP) is 2.21. The molecule has 1 atom stereocenters. The van der Waals surface area contributed by atoms with Crippen molar-refractivity contribution >= 4 is 23.0 Å². The average molecular weight is 329 g/mol. The van der Waals surface area contributed by atoms with Crippen LogP contribution in [0.2, 0.25) is 0 Å². The highest BCUT2D eigenvalue weighted by Crippen LogP contribution is 2.17. The highest BCUT2D eigenvalue weighted by Gasteiger charge is 2.12. The third kappa shape index (κ3) is 3.57. The second-order valence-electron chi connectivity index (χ2n) is 5.52. The molecule has 0 saturated heterocycles. The van der Waals surface area contributed by atoms with Crippen LogP contribution in [-0.2, 0) is 11.2 Å². The first kappa shape index (κ1) is 16.1. The van der Waals surface area contributed by atoms with Crippen LogP contribution >= 0.6 is 0 Å². The van der Waals surface area contributed by atoms with Gasteiger partial charge in [0.05, 0.1) is 30.0 Å². The van der Waals surface area contributed by atoms with Gasteiger partial charge in [-0.2, -0.15) is 0 Å². The smallest absolute Gasteiger partial charge is 0.337 e. The number of imidazole rings is 1. The Hall–Kier alpha value is -2.80. The number of aliphatic hydroxyl groups excluding tert-OH is 1. The fraction of sp³-hybridized carbons (Fsp3) is 0.294. The number of carbonyl (C=O) groups is 1. The monoisotopic (exact) mass is 329 g/mol. The van der Waals surface area contributed by atoms with Gasteiger partial charge in [0.2, 0.25) is 5.95 Å². The van der Waals surface area contributed by atoms with Gasteiger partial charge in [-0.25, -0.2) is 9.78 Å². The number of carbonyl (C=O) groups excluding carboxylic acids is 1. The van der Waals surface area contributed by atoms with Crippen LogP contribution in [0.1, 0.15) is 16.1 Å². The largest absolute Gasteiger partial charge is 0.469 e. The summed E-state index contributed by atoms with van der Waals surface area (Å²) in [6, 6.07) is 8.85. The van der Waals surface area contributed by atoms with Crippen LogP contribution in [0.4, 0.5) is 5.95 Å². The van der Waals surface area contributed by atoms with Gasteiger partial charge in [-0.05, 0) is 30.3 Å². The van der Waals surface area contributed by atoms with E-state index in [2.05, 4.69) is 15.3 Å². The molecule has 7 nitrogen and oxygen atoms in total. The van der Waals surface area contributed by atoms with Gasteiger partial charge in [-0.15, -0.1) is 0 Å². The molecular formula is C17H19N3O4. The minimum absolute atomic E-state index is 0.00925. The number of aliphatic hydroxyl groups is 1. The summed E-state index contributed by atoms with van der Waals surface area (Å²) in [5, 5.41) is 12.7. The van der Waals surface area contributed by atoms with Crippen LogP contribution in [-0.4, -0.2) is 41.3 Å². The van der Waals surface area contributed by atoms with Gasteiger partial charge in [0.25, 0.3) is 0 Å². The summed E-state index contributed by atoms with van der Waals surface area (Å²) >= 11 is 0. The van der Waals surface area contributed by atoms with E-state index in [9.17, 15) is 9.90 Å². The van der Waals surface area contributed by atoms with Gasteiger partial charge >= 0.3 is 5.97 Å². The molecule has 1 unspecified atom stereocenters. The minimum atomic E-state index is -0.389. The molecule has 3 aromatic rings. The number of hydrogen-bond donors (Lipinski definition) is 3. The van der Waals surface area contributed by atoms with Crippen molar-refractivity contribution in [1.82, 2.24) is 9.97 Å². The number of esters is 1. The van der Waals surface area contributed by atoms with Crippen LogP contribution in [0.25, 0.3) is 11.0 Å². The fourth-order valence-electron chi connectivity index (χ4n) is 2.49. The molecule has 0 bridgehead atoms. The number of ether oxygens (including phenoxy) is 1. The van der Waals surface area contributed by atoms with E-state index in [-0.39, 0.29) is 18.5 Å². The number of methoxy groups -OCH3 is 1. The van der Waals surface area contributed by atoms with Gasteiger partial charge in [0.1, 0.15) is 5.76 Å². The molecule has 0 saturated carbocycles. The van der Waals surface area contributed by atoms with Crippen molar-refractivity contribution in [3.8, 4) is 0 Å². The molecule has 0 amide bonds. The number of H-pyrrole nitrogens is 1. The summed E-state index contributed by atoms with van der Waals surface area (Å²) < 4.78 is 10.0. The Morgan fingerprint density at radius 2 is 2.33 bits per heavy atom. The number of hydrogen-bond acceptors (Lipinski definition) is 6. The van der Waals surface area contributed by atoms with Crippen molar-refractivity contribution in [1.29, 1.82) is 0 Å². The molecule has 2 heterocycles. The van der Waals surface area contributed by atoms with Crippen LogP contribution in [0, 0.1) is 5.92 Å². The van der Waals surface area contributed by atoms with Crippen LogP contribution < -0.4 is 5.32 Å². The zero-order valence-electron chi connectivity index (χ0n) is 13.3. The first-order chi connectivity index (χ1) is 11.7.